The molecule has 1 aliphatic rings. The Bertz CT molecular complexity index is 354. The summed E-state index contributed by atoms with van der Waals surface area (Å²) in [4.78, 5) is 4.21. The molecule has 80 valence electrons. The summed E-state index contributed by atoms with van der Waals surface area (Å²) in [5, 5.41) is 3.09. The van der Waals surface area contributed by atoms with Crippen LogP contribution in [0.1, 0.15) is 24.0 Å². The van der Waals surface area contributed by atoms with Gasteiger partial charge in [-0.25, -0.2) is 0 Å². The molecule has 1 aliphatic heterocycles. The molecule has 0 bridgehead atoms. The molecule has 1 atom stereocenters. The number of aryl methyl sites for hydroxylation is 1. The largest absolute Gasteiger partial charge is 0.370 e. The number of hydrogen-bond donors (Lipinski definition) is 2. The van der Waals surface area contributed by atoms with Crippen LogP contribution in [0.25, 0.3) is 0 Å². The number of hydrogen-bond acceptors (Lipinski definition) is 3. The van der Waals surface area contributed by atoms with E-state index in [0.29, 0.717) is 11.9 Å². The van der Waals surface area contributed by atoms with E-state index in [1.54, 1.807) is 0 Å². The average Bonchev–Trinajstić information content (AvgIpc) is 2.30. The van der Waals surface area contributed by atoms with Crippen molar-refractivity contribution >= 4 is 5.96 Å². The molecule has 15 heavy (non-hydrogen) atoms. The molecule has 0 spiro atoms. The molecule has 1 heterocycles. The minimum atomic E-state index is 0.461. The first-order valence-electron chi connectivity index (χ1n) is 5.42. The Morgan fingerprint density at radius 1 is 1.40 bits per heavy atom. The van der Waals surface area contributed by atoms with Gasteiger partial charge in [0.15, 0.2) is 5.96 Å². The first-order chi connectivity index (χ1) is 7.29. The zero-order valence-corrected chi connectivity index (χ0v) is 9.03. The van der Waals surface area contributed by atoms with Crippen LogP contribution >= 0.6 is 0 Å². The quantitative estimate of drug-likeness (QED) is 0.760. The number of rotatable bonds is 2. The van der Waals surface area contributed by atoms with E-state index in [4.69, 9.17) is 5.73 Å². The third kappa shape index (κ3) is 2.29. The highest BCUT2D eigenvalue weighted by atomic mass is 15.1. The molecule has 0 fully saturated rings. The first-order valence-corrected chi connectivity index (χ1v) is 5.42. The maximum absolute atomic E-state index is 5.56. The minimum Gasteiger partial charge on any atom is -0.370 e. The summed E-state index contributed by atoms with van der Waals surface area (Å²) in [6.07, 6.45) is 1.09. The van der Waals surface area contributed by atoms with Crippen LogP contribution in [0.15, 0.2) is 29.3 Å². The summed E-state index contributed by atoms with van der Waals surface area (Å²) in [6, 6.07) is 8.78. The van der Waals surface area contributed by atoms with E-state index in [0.717, 1.165) is 19.5 Å². The predicted octanol–water partition coefficient (Wildman–Crippen LogP) is 1.25. The van der Waals surface area contributed by atoms with Crippen LogP contribution < -0.4 is 11.1 Å². The van der Waals surface area contributed by atoms with Gasteiger partial charge in [0, 0.05) is 12.5 Å². The molecule has 2 rings (SSSR count). The molecule has 0 saturated heterocycles. The van der Waals surface area contributed by atoms with Crippen molar-refractivity contribution in [1.82, 2.24) is 5.32 Å². The van der Waals surface area contributed by atoms with E-state index in [1.165, 1.54) is 11.1 Å². The van der Waals surface area contributed by atoms with Crippen molar-refractivity contribution < 1.29 is 0 Å². The van der Waals surface area contributed by atoms with Crippen LogP contribution in [-0.2, 0) is 6.42 Å². The smallest absolute Gasteiger partial charge is 0.188 e. The minimum absolute atomic E-state index is 0.461. The summed E-state index contributed by atoms with van der Waals surface area (Å²) in [7, 11) is 0. The molecule has 1 aromatic rings. The Kier molecular flexibility index (Phi) is 2.90. The Labute approximate surface area is 90.4 Å². The van der Waals surface area contributed by atoms with Crippen molar-refractivity contribution in [3.05, 3.63) is 35.4 Å². The second kappa shape index (κ2) is 4.34. The molecule has 0 aromatic heterocycles. The lowest BCUT2D eigenvalue weighted by molar-refractivity contribution is 0.635. The summed E-state index contributed by atoms with van der Waals surface area (Å²) >= 11 is 0. The van der Waals surface area contributed by atoms with E-state index in [2.05, 4.69) is 41.5 Å². The van der Waals surface area contributed by atoms with E-state index in [9.17, 15) is 0 Å². The molecule has 3 heteroatoms. The van der Waals surface area contributed by atoms with Gasteiger partial charge in [0.25, 0.3) is 0 Å². The van der Waals surface area contributed by atoms with E-state index in [-0.39, 0.29) is 0 Å². The predicted molar refractivity (Wildman–Crippen MR) is 63.1 cm³/mol. The third-order valence-corrected chi connectivity index (χ3v) is 2.87. The average molecular weight is 203 g/mol. The Morgan fingerprint density at radius 2 is 2.13 bits per heavy atom. The topological polar surface area (TPSA) is 50.4 Å². The maximum Gasteiger partial charge on any atom is 0.188 e. The zero-order chi connectivity index (χ0) is 10.7. The van der Waals surface area contributed by atoms with Crippen molar-refractivity contribution in [3.63, 3.8) is 0 Å². The second-order valence-electron chi connectivity index (χ2n) is 3.90. The van der Waals surface area contributed by atoms with E-state index in [1.807, 2.05) is 0 Å². The lowest BCUT2D eigenvalue weighted by Gasteiger charge is -2.21. The molecule has 3 N–H and O–H groups in total. The van der Waals surface area contributed by atoms with Crippen LogP contribution in [-0.4, -0.2) is 19.0 Å². The van der Waals surface area contributed by atoms with Crippen LogP contribution in [0.5, 0.6) is 0 Å². The Morgan fingerprint density at radius 3 is 2.67 bits per heavy atom. The standard InChI is InChI=1S/C12H17N3/c1-2-9-3-5-10(6-4-9)11-7-14-12(13)15-8-11/h3-6,11H,2,7-8H2,1H3,(H3,13,14,15). The first kappa shape index (κ1) is 10.0. The lowest BCUT2D eigenvalue weighted by atomic mass is 9.97. The summed E-state index contributed by atoms with van der Waals surface area (Å²) < 4.78 is 0. The maximum atomic E-state index is 5.56. The van der Waals surface area contributed by atoms with Crippen LogP contribution in [0, 0.1) is 0 Å². The Balaban J connectivity index is 2.10. The van der Waals surface area contributed by atoms with Gasteiger partial charge in [-0.1, -0.05) is 31.2 Å². The van der Waals surface area contributed by atoms with Crippen molar-refractivity contribution in [2.75, 3.05) is 13.1 Å². The molecule has 0 amide bonds. The van der Waals surface area contributed by atoms with Gasteiger partial charge in [-0.3, -0.25) is 4.99 Å². The van der Waals surface area contributed by atoms with Gasteiger partial charge >= 0.3 is 0 Å². The van der Waals surface area contributed by atoms with Crippen molar-refractivity contribution in [1.29, 1.82) is 0 Å². The highest BCUT2D eigenvalue weighted by Crippen LogP contribution is 2.18. The highest BCUT2D eigenvalue weighted by molar-refractivity contribution is 5.78. The van der Waals surface area contributed by atoms with Gasteiger partial charge in [-0.2, -0.15) is 0 Å². The van der Waals surface area contributed by atoms with Gasteiger partial charge in [-0.05, 0) is 17.5 Å². The molecule has 3 nitrogen and oxygen atoms in total. The fraction of sp³-hybridized carbons (Fsp3) is 0.417. The van der Waals surface area contributed by atoms with Gasteiger partial charge in [-0.15, -0.1) is 0 Å². The van der Waals surface area contributed by atoms with Gasteiger partial charge < -0.3 is 11.1 Å². The number of nitrogens with two attached hydrogens (primary N) is 1. The molecule has 0 saturated carbocycles. The van der Waals surface area contributed by atoms with Crippen molar-refractivity contribution in [3.8, 4) is 0 Å². The summed E-state index contributed by atoms with van der Waals surface area (Å²) in [5.41, 5.74) is 8.28. The SMILES string of the molecule is CCc1ccc(C2CN=C(N)NC2)cc1. The Hall–Kier alpha value is -1.51. The molecule has 0 radical (unpaired) electrons. The number of nitrogens with zero attached hydrogens (tertiary/aromatic N) is 1. The summed E-state index contributed by atoms with van der Waals surface area (Å²) in [5.74, 6) is 1.03. The van der Waals surface area contributed by atoms with Crippen LogP contribution in [0.2, 0.25) is 0 Å². The fourth-order valence-corrected chi connectivity index (χ4v) is 1.81. The van der Waals surface area contributed by atoms with Crippen molar-refractivity contribution in [2.45, 2.75) is 19.3 Å². The monoisotopic (exact) mass is 203 g/mol. The molecular formula is C12H17N3. The van der Waals surface area contributed by atoms with Crippen LogP contribution in [0.4, 0.5) is 0 Å². The molecule has 1 aromatic carbocycles. The molecular weight excluding hydrogens is 186 g/mol. The lowest BCUT2D eigenvalue weighted by Crippen LogP contribution is -2.39. The highest BCUT2D eigenvalue weighted by Gasteiger charge is 2.14. The fourth-order valence-electron chi connectivity index (χ4n) is 1.81. The normalized spacial score (nSPS) is 20.6. The molecule has 0 aliphatic carbocycles. The van der Waals surface area contributed by atoms with Gasteiger partial charge in [0.2, 0.25) is 0 Å². The third-order valence-electron chi connectivity index (χ3n) is 2.87. The second-order valence-corrected chi connectivity index (χ2v) is 3.90. The van der Waals surface area contributed by atoms with E-state index < -0.39 is 0 Å². The zero-order valence-electron chi connectivity index (χ0n) is 9.03. The number of aliphatic imine (C=N–C) groups is 1. The van der Waals surface area contributed by atoms with E-state index >= 15 is 0 Å². The van der Waals surface area contributed by atoms with Gasteiger partial charge in [0.05, 0.1) is 6.54 Å². The number of benzene rings is 1. The summed E-state index contributed by atoms with van der Waals surface area (Å²) in [6.45, 7) is 3.85. The van der Waals surface area contributed by atoms with Gasteiger partial charge in [0.1, 0.15) is 0 Å². The van der Waals surface area contributed by atoms with Crippen LogP contribution in [0.3, 0.4) is 0 Å². The number of guanidine groups is 1. The molecule has 1 unspecified atom stereocenters. The van der Waals surface area contributed by atoms with Crippen molar-refractivity contribution in [2.24, 2.45) is 10.7 Å². The number of nitrogens with one attached hydrogen (secondary N) is 1.